The maximum Gasteiger partial charge on any atom is 0.435 e. The third kappa shape index (κ3) is 4.88. The Morgan fingerprint density at radius 1 is 0.913 bits per heavy atom. The van der Waals surface area contributed by atoms with E-state index in [9.17, 15) is 53.8 Å². The number of nitrogens with zero attached hydrogens (tertiary/aromatic N) is 1. The Hall–Kier alpha value is -3.30. The average molecular weight is 686 g/mol. The Bertz CT molecular complexity index is 1670. The van der Waals surface area contributed by atoms with Crippen LogP contribution in [0, 0.1) is 18.7 Å². The third-order valence-electron chi connectivity index (χ3n) is 9.77. The summed E-state index contributed by atoms with van der Waals surface area (Å²) < 4.78 is 154. The number of amides is 1. The molecule has 46 heavy (non-hydrogen) atoms. The van der Waals surface area contributed by atoms with Gasteiger partial charge >= 0.3 is 24.0 Å². The number of carbonyl (C=O) groups excluding carboxylic acids is 1. The number of fused-ring (bicyclic) bond motifs is 3. The number of carboxylic acids is 1. The summed E-state index contributed by atoms with van der Waals surface area (Å²) in [5.74, 6) is -4.10. The van der Waals surface area contributed by atoms with E-state index in [0.717, 1.165) is 17.0 Å². The van der Waals surface area contributed by atoms with Gasteiger partial charge in [0, 0.05) is 12.1 Å². The van der Waals surface area contributed by atoms with Crippen molar-refractivity contribution >= 4 is 21.7 Å². The van der Waals surface area contributed by atoms with Gasteiger partial charge in [-0.05, 0) is 80.7 Å². The molecule has 3 aliphatic rings. The summed E-state index contributed by atoms with van der Waals surface area (Å²) in [4.78, 5) is 25.5. The van der Waals surface area contributed by atoms with Crippen LogP contribution in [0.3, 0.4) is 0 Å². The lowest BCUT2D eigenvalue weighted by Crippen LogP contribution is -2.56. The molecule has 6 nitrogen and oxygen atoms in total. The average Bonchev–Trinajstić information content (AvgIpc) is 3.38. The first-order valence-corrected chi connectivity index (χ1v) is 15.8. The first-order chi connectivity index (χ1) is 21.1. The molecule has 16 heteroatoms. The van der Waals surface area contributed by atoms with Gasteiger partial charge in [0.15, 0.2) is 15.5 Å². The van der Waals surface area contributed by atoms with E-state index >= 15 is 8.78 Å². The molecule has 252 valence electrons. The van der Waals surface area contributed by atoms with Crippen LogP contribution in [-0.4, -0.2) is 60.9 Å². The fourth-order valence-corrected chi connectivity index (χ4v) is 9.60. The van der Waals surface area contributed by atoms with Gasteiger partial charge < -0.3 is 10.0 Å². The maximum atomic E-state index is 16.1. The van der Waals surface area contributed by atoms with Crippen molar-refractivity contribution in [1.82, 2.24) is 4.90 Å². The van der Waals surface area contributed by atoms with Gasteiger partial charge in [0.05, 0.1) is 16.9 Å². The number of aryl methyl sites for hydroxylation is 2. The van der Waals surface area contributed by atoms with Crippen LogP contribution in [0.25, 0.3) is 0 Å². The quantitative estimate of drug-likeness (QED) is 0.358. The van der Waals surface area contributed by atoms with Gasteiger partial charge in [-0.25, -0.2) is 21.6 Å². The van der Waals surface area contributed by atoms with Crippen LogP contribution >= 0.6 is 0 Å². The highest BCUT2D eigenvalue weighted by atomic mass is 32.2. The highest BCUT2D eigenvalue weighted by Crippen LogP contribution is 2.57. The molecule has 2 fully saturated rings. The molecule has 1 heterocycles. The summed E-state index contributed by atoms with van der Waals surface area (Å²) in [5, 5.41) is 9.27. The normalized spacial score (nSPS) is 27.2. The SMILES string of the molecule is Cc1ccc(S(=O)(=O)C23CCN(C(=O)C4(F)CCC(C(=O)O)CC4)C2CCc2cc(C(F)(C(F)(F)F)C(F)(F)F)ccc23)cc1F. The Kier molecular flexibility index (Phi) is 8.05. The van der Waals surface area contributed by atoms with Crippen LogP contribution in [0.5, 0.6) is 0 Å². The van der Waals surface area contributed by atoms with Crippen molar-refractivity contribution in [3.63, 3.8) is 0 Å². The molecule has 2 aromatic carbocycles. The smallest absolute Gasteiger partial charge is 0.435 e. The molecule has 2 unspecified atom stereocenters. The molecule has 0 aromatic heterocycles. The molecule has 5 rings (SSSR count). The van der Waals surface area contributed by atoms with E-state index in [1.54, 1.807) is 0 Å². The summed E-state index contributed by atoms with van der Waals surface area (Å²) in [7, 11) is -4.83. The van der Waals surface area contributed by atoms with Crippen molar-refractivity contribution in [2.24, 2.45) is 5.92 Å². The number of carboxylic acid groups (broad SMARTS) is 1. The highest BCUT2D eigenvalue weighted by molar-refractivity contribution is 7.92. The lowest BCUT2D eigenvalue weighted by atomic mass is 9.76. The highest BCUT2D eigenvalue weighted by Gasteiger charge is 2.74. The predicted molar refractivity (Wildman–Crippen MR) is 143 cm³/mol. The number of hydrogen-bond acceptors (Lipinski definition) is 4. The Morgan fingerprint density at radius 3 is 2.07 bits per heavy atom. The van der Waals surface area contributed by atoms with E-state index in [1.807, 2.05) is 0 Å². The zero-order chi connectivity index (χ0) is 34.3. The zero-order valence-corrected chi connectivity index (χ0v) is 24.9. The number of hydrogen-bond donors (Lipinski definition) is 1. The standard InChI is InChI=1S/C30H28F9NO5S/c1-16-2-5-20(15-22(16)31)46(44,45)27-12-13-40(25(43)26(32)10-8-17(9-11-26)24(41)42)23(27)7-3-18-14-19(4-6-21(18)27)28(33,29(34,35)36)30(37,38)39/h2,4-6,14-15,17,23H,3,7-13H2,1H3,(H,41,42). The second kappa shape index (κ2) is 10.9. The van der Waals surface area contributed by atoms with E-state index in [2.05, 4.69) is 0 Å². The number of benzene rings is 2. The molecule has 2 aliphatic carbocycles. The number of carbonyl (C=O) groups is 2. The van der Waals surface area contributed by atoms with Crippen molar-refractivity contribution in [2.45, 2.75) is 91.2 Å². The van der Waals surface area contributed by atoms with E-state index in [-0.39, 0.29) is 42.0 Å². The number of sulfone groups is 1. The lowest BCUT2D eigenvalue weighted by Gasteiger charge is -2.44. The number of likely N-dealkylation sites (tertiary alicyclic amines) is 1. The Balaban J connectivity index is 1.66. The molecule has 0 radical (unpaired) electrons. The molecular formula is C30H28F9NO5S. The summed E-state index contributed by atoms with van der Waals surface area (Å²) in [6, 6.07) is 2.70. The van der Waals surface area contributed by atoms with Crippen molar-refractivity contribution < 1.29 is 62.6 Å². The van der Waals surface area contributed by atoms with Crippen LogP contribution < -0.4 is 0 Å². The summed E-state index contributed by atoms with van der Waals surface area (Å²) in [6.45, 7) is 0.953. The molecule has 1 aliphatic heterocycles. The van der Waals surface area contributed by atoms with Gasteiger partial charge in [-0.15, -0.1) is 0 Å². The number of alkyl halides is 8. The Morgan fingerprint density at radius 2 is 1.52 bits per heavy atom. The minimum atomic E-state index is -6.43. The van der Waals surface area contributed by atoms with Crippen LogP contribution in [0.1, 0.15) is 60.8 Å². The van der Waals surface area contributed by atoms with Crippen molar-refractivity contribution in [3.8, 4) is 0 Å². The molecular weight excluding hydrogens is 657 g/mol. The lowest BCUT2D eigenvalue weighted by molar-refractivity contribution is -0.348. The largest absolute Gasteiger partial charge is 0.481 e. The second-order valence-corrected chi connectivity index (χ2v) is 14.4. The predicted octanol–water partition coefficient (Wildman–Crippen LogP) is 6.62. The summed E-state index contributed by atoms with van der Waals surface area (Å²) >= 11 is 0. The van der Waals surface area contributed by atoms with Gasteiger partial charge in [-0.2, -0.15) is 26.3 Å². The van der Waals surface area contributed by atoms with Crippen LogP contribution in [0.15, 0.2) is 41.3 Å². The van der Waals surface area contributed by atoms with Gasteiger partial charge in [0.2, 0.25) is 0 Å². The third-order valence-corrected chi connectivity index (χ3v) is 12.3. The van der Waals surface area contributed by atoms with Crippen molar-refractivity contribution in [3.05, 3.63) is 64.5 Å². The fraction of sp³-hybridized carbons (Fsp3) is 0.533. The van der Waals surface area contributed by atoms with Gasteiger partial charge in [0.25, 0.3) is 5.91 Å². The number of halogens is 9. The first kappa shape index (κ1) is 34.0. The Labute approximate surface area is 257 Å². The van der Waals surface area contributed by atoms with E-state index in [1.165, 1.54) is 6.92 Å². The first-order valence-electron chi connectivity index (χ1n) is 14.3. The molecule has 1 N–H and O–H groups in total. The van der Waals surface area contributed by atoms with Gasteiger partial charge in [0.1, 0.15) is 10.6 Å². The minimum absolute atomic E-state index is 0.0693. The maximum absolute atomic E-state index is 16.1. The molecule has 0 spiro atoms. The van der Waals surface area contributed by atoms with Crippen LogP contribution in [0.4, 0.5) is 39.5 Å². The van der Waals surface area contributed by atoms with E-state index < -0.39 is 111 Å². The van der Waals surface area contributed by atoms with Gasteiger partial charge in [-0.3, -0.25) is 9.59 Å². The van der Waals surface area contributed by atoms with Crippen LogP contribution in [0.2, 0.25) is 0 Å². The summed E-state index contributed by atoms with van der Waals surface area (Å²) in [6.07, 6.45) is -15.4. The molecule has 2 aromatic rings. The van der Waals surface area contributed by atoms with E-state index in [4.69, 9.17) is 0 Å². The van der Waals surface area contributed by atoms with Crippen LogP contribution in [-0.2, 0) is 36.3 Å². The molecule has 1 saturated heterocycles. The van der Waals surface area contributed by atoms with Gasteiger partial charge in [-0.1, -0.05) is 24.3 Å². The number of aliphatic carboxylic acids is 1. The topological polar surface area (TPSA) is 91.8 Å². The molecule has 1 amide bonds. The summed E-state index contributed by atoms with van der Waals surface area (Å²) in [5.41, 5.74) is -10.8. The van der Waals surface area contributed by atoms with Crippen molar-refractivity contribution in [1.29, 1.82) is 0 Å². The fourth-order valence-electron chi connectivity index (χ4n) is 7.22. The molecule has 2 atom stereocenters. The molecule has 0 bridgehead atoms. The zero-order valence-electron chi connectivity index (χ0n) is 24.1. The minimum Gasteiger partial charge on any atom is -0.481 e. The number of rotatable bonds is 5. The van der Waals surface area contributed by atoms with Crippen molar-refractivity contribution in [2.75, 3.05) is 6.54 Å². The molecule has 1 saturated carbocycles. The monoisotopic (exact) mass is 685 g/mol. The van der Waals surface area contributed by atoms with E-state index in [0.29, 0.717) is 18.2 Å². The second-order valence-electron chi connectivity index (χ2n) is 12.2.